The average Bonchev–Trinajstić information content (AvgIpc) is 2.79. The predicted octanol–water partition coefficient (Wildman–Crippen LogP) is 1.84. The molecule has 34 heavy (non-hydrogen) atoms. The fourth-order valence-electron chi connectivity index (χ4n) is 5.21. The molecule has 0 bridgehead atoms. The van der Waals surface area contributed by atoms with Crippen LogP contribution in [-0.2, 0) is 14.3 Å². The lowest BCUT2D eigenvalue weighted by Crippen LogP contribution is -2.54. The molecule has 5 rings (SSSR count). The third kappa shape index (κ3) is 3.62. The average molecular weight is 466 g/mol. The van der Waals surface area contributed by atoms with Gasteiger partial charge >= 0.3 is 0 Å². The smallest absolute Gasteiger partial charge is 0.192 e. The van der Waals surface area contributed by atoms with Crippen molar-refractivity contribution in [2.24, 2.45) is 5.73 Å². The molecule has 0 unspecified atom stereocenters. The maximum Gasteiger partial charge on any atom is 0.192 e. The third-order valence-electron chi connectivity index (χ3n) is 7.26. The normalized spacial score (nSPS) is 33.6. The second-order valence-electron chi connectivity index (χ2n) is 9.55. The minimum absolute atomic E-state index is 0.0925. The zero-order valence-electron chi connectivity index (χ0n) is 19.0. The molecule has 8 heteroatoms. The molecule has 4 N–H and O–H groups in total. The van der Waals surface area contributed by atoms with Gasteiger partial charge in [0.05, 0.1) is 18.3 Å². The summed E-state index contributed by atoms with van der Waals surface area (Å²) in [6.45, 7) is 2.92. The minimum Gasteiger partial charge on any atom is -0.389 e. The Morgan fingerprint density at radius 1 is 1.15 bits per heavy atom. The van der Waals surface area contributed by atoms with E-state index >= 15 is 0 Å². The van der Waals surface area contributed by atoms with Gasteiger partial charge in [0.25, 0.3) is 0 Å². The summed E-state index contributed by atoms with van der Waals surface area (Å²) in [6, 6.07) is 10.2. The summed E-state index contributed by atoms with van der Waals surface area (Å²) in [4.78, 5) is 39.6. The molecule has 178 valence electrons. The molecule has 1 heterocycles. The molecule has 1 fully saturated rings. The second-order valence-corrected chi connectivity index (χ2v) is 9.55. The number of Topliss-reactive ketones (excluding diaryl/α,β-unsaturated/α-hetero) is 3. The number of rotatable bonds is 3. The van der Waals surface area contributed by atoms with Crippen LogP contribution in [0.1, 0.15) is 53.8 Å². The van der Waals surface area contributed by atoms with Crippen LogP contribution < -0.4 is 5.73 Å². The van der Waals surface area contributed by atoms with E-state index in [1.54, 1.807) is 19.1 Å². The molecule has 0 aromatic heterocycles. The largest absolute Gasteiger partial charge is 0.389 e. The van der Waals surface area contributed by atoms with E-state index in [1.807, 2.05) is 24.3 Å². The SMILES string of the molecule is CC(=O)[C@]1(O)CC2=C(C(=O)c3cc4ccccc4cc3C2=O)[C@@H](O[C@@H]2C[C@@H](N)[C@@H](O)[C@@H](C)O2)C1. The van der Waals surface area contributed by atoms with Crippen LogP contribution in [0, 0.1) is 0 Å². The molecule has 2 aliphatic carbocycles. The Morgan fingerprint density at radius 2 is 1.76 bits per heavy atom. The van der Waals surface area contributed by atoms with Crippen LogP contribution >= 0.6 is 0 Å². The van der Waals surface area contributed by atoms with E-state index in [1.165, 1.54) is 6.92 Å². The molecule has 8 nitrogen and oxygen atoms in total. The van der Waals surface area contributed by atoms with Crippen molar-refractivity contribution in [3.05, 3.63) is 58.7 Å². The van der Waals surface area contributed by atoms with Crippen molar-refractivity contribution in [1.82, 2.24) is 0 Å². The molecule has 0 spiro atoms. The van der Waals surface area contributed by atoms with Crippen molar-refractivity contribution in [3.63, 3.8) is 0 Å². The van der Waals surface area contributed by atoms with Crippen molar-refractivity contribution < 1.29 is 34.1 Å². The van der Waals surface area contributed by atoms with Gasteiger partial charge in [-0.2, -0.15) is 0 Å². The van der Waals surface area contributed by atoms with Gasteiger partial charge in [-0.15, -0.1) is 0 Å². The Hall–Kier alpha value is -2.75. The van der Waals surface area contributed by atoms with E-state index in [4.69, 9.17) is 15.2 Å². The van der Waals surface area contributed by atoms with Crippen LogP contribution in [0.2, 0.25) is 0 Å². The molecule has 2 aromatic carbocycles. The Labute approximate surface area is 196 Å². The highest BCUT2D eigenvalue weighted by Gasteiger charge is 2.50. The zero-order chi connectivity index (χ0) is 24.4. The monoisotopic (exact) mass is 465 g/mol. The lowest BCUT2D eigenvalue weighted by molar-refractivity contribution is -0.239. The third-order valence-corrected chi connectivity index (χ3v) is 7.26. The van der Waals surface area contributed by atoms with Gasteiger partial charge < -0.3 is 25.4 Å². The van der Waals surface area contributed by atoms with Crippen LogP contribution in [0.25, 0.3) is 10.8 Å². The van der Waals surface area contributed by atoms with E-state index in [-0.39, 0.29) is 47.3 Å². The number of benzene rings is 2. The molecule has 1 saturated heterocycles. The Kier molecular flexibility index (Phi) is 5.54. The first-order valence-electron chi connectivity index (χ1n) is 11.4. The number of ketones is 3. The zero-order valence-corrected chi connectivity index (χ0v) is 19.0. The summed E-state index contributed by atoms with van der Waals surface area (Å²) >= 11 is 0. The second kappa shape index (κ2) is 8.18. The standard InChI is InChI=1S/C26H27NO7/c1-12-23(29)19(27)9-21(33-12)34-20-11-26(32,13(2)28)10-18-22(20)25(31)17-8-15-6-4-3-5-14(15)7-16(17)24(18)30/h3-8,12,19-21,23,29,32H,9-11,27H2,1-2H3/t12-,19-,20+,21-,23+,26+/m1/s1. The lowest BCUT2D eigenvalue weighted by atomic mass is 9.69. The maximum absolute atomic E-state index is 13.7. The summed E-state index contributed by atoms with van der Waals surface area (Å²) in [7, 11) is 0. The maximum atomic E-state index is 13.7. The quantitative estimate of drug-likeness (QED) is 0.625. The number of aliphatic hydroxyl groups excluding tert-OH is 1. The van der Waals surface area contributed by atoms with Crippen LogP contribution in [-0.4, -0.2) is 63.8 Å². The highest BCUT2D eigenvalue weighted by molar-refractivity contribution is 6.29. The van der Waals surface area contributed by atoms with Gasteiger partial charge in [0.15, 0.2) is 23.6 Å². The summed E-state index contributed by atoms with van der Waals surface area (Å²) in [6.07, 6.45) is -3.67. The van der Waals surface area contributed by atoms with Crippen molar-refractivity contribution in [2.75, 3.05) is 0 Å². The van der Waals surface area contributed by atoms with Crippen molar-refractivity contribution >= 4 is 28.1 Å². The number of ether oxygens (including phenoxy) is 2. The van der Waals surface area contributed by atoms with Gasteiger partial charge in [-0.25, -0.2) is 0 Å². The van der Waals surface area contributed by atoms with E-state index in [9.17, 15) is 24.6 Å². The number of carbonyl (C=O) groups excluding carboxylic acids is 3. The van der Waals surface area contributed by atoms with Crippen molar-refractivity contribution in [1.29, 1.82) is 0 Å². The van der Waals surface area contributed by atoms with Crippen molar-refractivity contribution in [3.8, 4) is 0 Å². The molecule has 0 radical (unpaired) electrons. The number of fused-ring (bicyclic) bond motifs is 2. The summed E-state index contributed by atoms with van der Waals surface area (Å²) in [5, 5.41) is 22.8. The number of carbonyl (C=O) groups is 3. The number of hydrogen-bond acceptors (Lipinski definition) is 8. The Balaban J connectivity index is 1.58. The first kappa shape index (κ1) is 23.0. The molecule has 0 amide bonds. The van der Waals surface area contributed by atoms with E-state index in [2.05, 4.69) is 0 Å². The fourth-order valence-corrected chi connectivity index (χ4v) is 5.21. The number of aliphatic hydroxyl groups is 2. The Morgan fingerprint density at radius 3 is 2.35 bits per heavy atom. The summed E-state index contributed by atoms with van der Waals surface area (Å²) < 4.78 is 11.8. The van der Waals surface area contributed by atoms with Gasteiger partial charge in [0.2, 0.25) is 0 Å². The lowest BCUT2D eigenvalue weighted by Gasteiger charge is -2.42. The molecule has 1 aliphatic heterocycles. The highest BCUT2D eigenvalue weighted by atomic mass is 16.7. The van der Waals surface area contributed by atoms with Gasteiger partial charge in [-0.1, -0.05) is 24.3 Å². The van der Waals surface area contributed by atoms with Crippen LogP contribution in [0.5, 0.6) is 0 Å². The van der Waals surface area contributed by atoms with E-state index < -0.39 is 47.8 Å². The first-order valence-corrected chi connectivity index (χ1v) is 11.4. The predicted molar refractivity (Wildman–Crippen MR) is 122 cm³/mol. The molecule has 6 atom stereocenters. The first-order chi connectivity index (χ1) is 16.1. The molecular formula is C26H27NO7. The fraction of sp³-hybridized carbons (Fsp3) is 0.423. The van der Waals surface area contributed by atoms with Crippen molar-refractivity contribution in [2.45, 2.75) is 69.4 Å². The highest BCUT2D eigenvalue weighted by Crippen LogP contribution is 2.43. The molecule has 3 aliphatic rings. The topological polar surface area (TPSA) is 136 Å². The van der Waals surface area contributed by atoms with Gasteiger partial charge in [0.1, 0.15) is 5.60 Å². The number of hydrogen-bond donors (Lipinski definition) is 3. The van der Waals surface area contributed by atoms with Crippen LogP contribution in [0.4, 0.5) is 0 Å². The molecule has 2 aromatic rings. The van der Waals surface area contributed by atoms with Gasteiger partial charge in [-0.05, 0) is 36.8 Å². The van der Waals surface area contributed by atoms with E-state index in [0.29, 0.717) is 0 Å². The van der Waals surface area contributed by atoms with Crippen LogP contribution in [0.15, 0.2) is 47.5 Å². The Bertz CT molecular complexity index is 1240. The number of nitrogens with two attached hydrogens (primary N) is 1. The van der Waals surface area contributed by atoms with Gasteiger partial charge in [-0.3, -0.25) is 14.4 Å². The molecular weight excluding hydrogens is 438 g/mol. The van der Waals surface area contributed by atoms with Crippen LogP contribution in [0.3, 0.4) is 0 Å². The van der Waals surface area contributed by atoms with Gasteiger partial charge in [0, 0.05) is 47.6 Å². The summed E-state index contributed by atoms with van der Waals surface area (Å²) in [5.74, 6) is -1.27. The van der Waals surface area contributed by atoms with E-state index in [0.717, 1.165) is 10.8 Å². The molecule has 0 saturated carbocycles. The minimum atomic E-state index is -1.85. The summed E-state index contributed by atoms with van der Waals surface area (Å²) in [5.41, 5.74) is 4.93.